The summed E-state index contributed by atoms with van der Waals surface area (Å²) in [5.74, 6) is -1.38. The molecule has 0 amide bonds. The van der Waals surface area contributed by atoms with Crippen molar-refractivity contribution in [3.05, 3.63) is 72.8 Å². The number of rotatable bonds is 10. The van der Waals surface area contributed by atoms with Gasteiger partial charge in [0.05, 0.1) is 21.0 Å². The number of benzene rings is 1. The van der Waals surface area contributed by atoms with E-state index in [1.54, 1.807) is 26.0 Å². The Morgan fingerprint density at radius 1 is 1.00 bits per heavy atom. The normalized spacial score (nSPS) is 11.6. The number of ketones is 2. The first-order chi connectivity index (χ1) is 16.1. The Kier molecular flexibility index (Phi) is 7.78. The average Bonchev–Trinajstić information content (AvgIpc) is 3.38. The molecule has 0 spiro atoms. The van der Waals surface area contributed by atoms with Crippen LogP contribution in [0.25, 0.3) is 5.69 Å². The van der Waals surface area contributed by atoms with Crippen LogP contribution in [-0.4, -0.2) is 44.7 Å². The van der Waals surface area contributed by atoms with Crippen LogP contribution in [0.2, 0.25) is 0 Å². The SMILES string of the molecule is CC(=NCC(=O)c1ccc(C(=O)CCCC(=O)O)s1)c1c(C)[nH]n(-c2ccc(C)c(C)c2)c1=O. The summed E-state index contributed by atoms with van der Waals surface area (Å²) in [4.78, 5) is 53.6. The van der Waals surface area contributed by atoms with E-state index >= 15 is 0 Å². The van der Waals surface area contributed by atoms with Gasteiger partial charge in [-0.2, -0.15) is 0 Å². The van der Waals surface area contributed by atoms with Crippen molar-refractivity contribution >= 4 is 34.6 Å². The molecule has 8 nitrogen and oxygen atoms in total. The highest BCUT2D eigenvalue weighted by atomic mass is 32.1. The van der Waals surface area contributed by atoms with Crippen LogP contribution in [-0.2, 0) is 4.79 Å². The second-order valence-corrected chi connectivity index (χ2v) is 9.26. The highest BCUT2D eigenvalue weighted by Crippen LogP contribution is 2.20. The number of carbonyl (C=O) groups excluding carboxylic acids is 2. The number of thiophene rings is 1. The van der Waals surface area contributed by atoms with Crippen molar-refractivity contribution in [2.24, 2.45) is 4.99 Å². The average molecular weight is 482 g/mol. The summed E-state index contributed by atoms with van der Waals surface area (Å²) in [6, 6.07) is 8.92. The van der Waals surface area contributed by atoms with Gasteiger partial charge in [-0.05, 0) is 69.5 Å². The molecule has 0 unspecified atom stereocenters. The molecule has 178 valence electrons. The van der Waals surface area contributed by atoms with Crippen molar-refractivity contribution < 1.29 is 19.5 Å². The molecule has 0 atom stereocenters. The fraction of sp³-hybridized carbons (Fsp3) is 0.320. The fourth-order valence-corrected chi connectivity index (χ4v) is 4.43. The van der Waals surface area contributed by atoms with Crippen LogP contribution in [0, 0.1) is 20.8 Å². The summed E-state index contributed by atoms with van der Waals surface area (Å²) in [5, 5.41) is 11.8. The Morgan fingerprint density at radius 2 is 1.68 bits per heavy atom. The number of aromatic nitrogens is 2. The third kappa shape index (κ3) is 5.66. The molecular formula is C25H27N3O5S. The number of nitrogens with zero attached hydrogens (tertiary/aromatic N) is 2. The number of H-pyrrole nitrogens is 1. The molecule has 0 aliphatic carbocycles. The van der Waals surface area contributed by atoms with Crippen LogP contribution in [0.4, 0.5) is 0 Å². The summed E-state index contributed by atoms with van der Waals surface area (Å²) in [7, 11) is 0. The molecule has 0 fully saturated rings. The first-order valence-corrected chi connectivity index (χ1v) is 11.7. The molecule has 2 heterocycles. The number of carboxylic acid groups (broad SMARTS) is 1. The maximum Gasteiger partial charge on any atom is 0.303 e. The first-order valence-electron chi connectivity index (χ1n) is 10.9. The molecule has 0 saturated carbocycles. The Hall–Kier alpha value is -3.59. The van der Waals surface area contributed by atoms with Crippen LogP contribution >= 0.6 is 11.3 Å². The van der Waals surface area contributed by atoms with E-state index in [4.69, 9.17) is 5.11 Å². The number of nitrogens with one attached hydrogen (secondary N) is 1. The Labute approximate surface area is 201 Å². The molecule has 3 aromatic rings. The van der Waals surface area contributed by atoms with Crippen LogP contribution in [0.3, 0.4) is 0 Å². The number of hydrogen-bond donors (Lipinski definition) is 2. The molecule has 34 heavy (non-hydrogen) atoms. The minimum atomic E-state index is -0.943. The van der Waals surface area contributed by atoms with Gasteiger partial charge in [0.15, 0.2) is 11.6 Å². The van der Waals surface area contributed by atoms with Gasteiger partial charge < -0.3 is 5.11 Å². The lowest BCUT2D eigenvalue weighted by atomic mass is 10.1. The third-order valence-corrected chi connectivity index (χ3v) is 6.76. The van der Waals surface area contributed by atoms with Gasteiger partial charge in [-0.25, -0.2) is 4.68 Å². The second kappa shape index (κ2) is 10.6. The number of aliphatic imine (C=N–C) groups is 1. The van der Waals surface area contributed by atoms with Crippen molar-refractivity contribution in [2.75, 3.05) is 6.54 Å². The molecule has 0 aliphatic heterocycles. The van der Waals surface area contributed by atoms with E-state index in [0.29, 0.717) is 26.7 Å². The monoisotopic (exact) mass is 481 g/mol. The molecule has 0 bridgehead atoms. The smallest absolute Gasteiger partial charge is 0.303 e. The zero-order valence-electron chi connectivity index (χ0n) is 19.6. The molecule has 0 radical (unpaired) electrons. The summed E-state index contributed by atoms with van der Waals surface area (Å²) in [6.45, 7) is 7.33. The molecule has 2 N–H and O–H groups in total. The van der Waals surface area contributed by atoms with Gasteiger partial charge >= 0.3 is 5.97 Å². The Bertz CT molecular complexity index is 1340. The fourth-order valence-electron chi connectivity index (χ4n) is 3.53. The number of Topliss-reactive ketones (excluding diaryl/α,β-unsaturated/α-hetero) is 2. The quantitative estimate of drug-likeness (QED) is 0.331. The van der Waals surface area contributed by atoms with E-state index in [-0.39, 0.29) is 42.9 Å². The lowest BCUT2D eigenvalue weighted by molar-refractivity contribution is -0.137. The number of carboxylic acids is 1. The predicted molar refractivity (Wildman–Crippen MR) is 132 cm³/mol. The standard InChI is InChI=1S/C25H27N3O5S/c1-14-8-9-18(12-15(14)2)28-25(33)24(17(4)27-28)16(3)26-13-20(30)22-11-10-21(34-22)19(29)6-5-7-23(31)32/h8-12,27H,5-7,13H2,1-4H3,(H,31,32). The lowest BCUT2D eigenvalue weighted by Gasteiger charge is -2.05. The van der Waals surface area contributed by atoms with Gasteiger partial charge in [-0.15, -0.1) is 11.3 Å². The minimum absolute atomic E-state index is 0.0688. The van der Waals surface area contributed by atoms with Gasteiger partial charge in [-0.3, -0.25) is 29.3 Å². The lowest BCUT2D eigenvalue weighted by Crippen LogP contribution is -2.20. The van der Waals surface area contributed by atoms with E-state index in [1.165, 1.54) is 4.68 Å². The molecule has 9 heteroatoms. The zero-order chi connectivity index (χ0) is 25.0. The summed E-state index contributed by atoms with van der Waals surface area (Å²) in [6.07, 6.45) is 0.312. The minimum Gasteiger partial charge on any atom is -0.481 e. The van der Waals surface area contributed by atoms with Gasteiger partial charge in [0.25, 0.3) is 5.56 Å². The van der Waals surface area contributed by atoms with Crippen molar-refractivity contribution in [3.63, 3.8) is 0 Å². The van der Waals surface area contributed by atoms with E-state index in [0.717, 1.165) is 28.2 Å². The van der Waals surface area contributed by atoms with Gasteiger partial charge in [0.2, 0.25) is 0 Å². The van der Waals surface area contributed by atoms with Crippen LogP contribution in [0.5, 0.6) is 0 Å². The van der Waals surface area contributed by atoms with E-state index in [9.17, 15) is 19.2 Å². The number of aryl methyl sites for hydroxylation is 3. The first kappa shape index (κ1) is 25.0. The van der Waals surface area contributed by atoms with E-state index in [1.807, 2.05) is 32.0 Å². The largest absolute Gasteiger partial charge is 0.481 e. The number of aliphatic carboxylic acids is 1. The topological polar surface area (TPSA) is 122 Å². The highest BCUT2D eigenvalue weighted by Gasteiger charge is 2.17. The maximum atomic E-state index is 13.0. The van der Waals surface area contributed by atoms with Crippen molar-refractivity contribution in [2.45, 2.75) is 47.0 Å². The van der Waals surface area contributed by atoms with Crippen LogP contribution in [0.15, 0.2) is 40.1 Å². The van der Waals surface area contributed by atoms with E-state index in [2.05, 4.69) is 10.1 Å². The van der Waals surface area contributed by atoms with Crippen molar-refractivity contribution in [1.29, 1.82) is 0 Å². The van der Waals surface area contributed by atoms with Gasteiger partial charge in [-0.1, -0.05) is 6.07 Å². The molecular weight excluding hydrogens is 454 g/mol. The van der Waals surface area contributed by atoms with Crippen LogP contribution in [0.1, 0.15) is 67.9 Å². The zero-order valence-corrected chi connectivity index (χ0v) is 20.4. The van der Waals surface area contributed by atoms with E-state index < -0.39 is 5.97 Å². The maximum absolute atomic E-state index is 13.0. The molecule has 1 aromatic carbocycles. The Morgan fingerprint density at radius 3 is 2.32 bits per heavy atom. The third-order valence-electron chi connectivity index (χ3n) is 5.59. The van der Waals surface area contributed by atoms with Crippen molar-refractivity contribution in [1.82, 2.24) is 9.78 Å². The van der Waals surface area contributed by atoms with Crippen molar-refractivity contribution in [3.8, 4) is 5.69 Å². The van der Waals surface area contributed by atoms with Gasteiger partial charge in [0.1, 0.15) is 6.54 Å². The summed E-state index contributed by atoms with van der Waals surface area (Å²) < 4.78 is 1.47. The predicted octanol–water partition coefficient (Wildman–Crippen LogP) is 4.28. The second-order valence-electron chi connectivity index (χ2n) is 8.18. The molecule has 0 aliphatic rings. The summed E-state index contributed by atoms with van der Waals surface area (Å²) in [5.41, 5.74) is 4.23. The molecule has 2 aromatic heterocycles. The van der Waals surface area contributed by atoms with Gasteiger partial charge in [0, 0.05) is 24.2 Å². The molecule has 0 saturated heterocycles. The number of aromatic amines is 1. The number of hydrogen-bond acceptors (Lipinski definition) is 6. The Balaban J connectivity index is 1.72. The highest BCUT2D eigenvalue weighted by molar-refractivity contribution is 7.16. The number of carbonyl (C=O) groups is 3. The van der Waals surface area contributed by atoms with Crippen LogP contribution < -0.4 is 5.56 Å². The summed E-state index contributed by atoms with van der Waals surface area (Å²) >= 11 is 1.08. The molecule has 3 rings (SSSR count).